The van der Waals surface area contributed by atoms with Gasteiger partial charge in [-0.3, -0.25) is 4.79 Å². The molecule has 0 aliphatic heterocycles. The highest BCUT2D eigenvalue weighted by atomic mass is 35.5. The Bertz CT molecular complexity index is 1410. The minimum absolute atomic E-state index is 0.108. The average Bonchev–Trinajstić information content (AvgIpc) is 2.96. The minimum Gasteiger partial charge on any atom is -0.467 e. The van der Waals surface area contributed by atoms with Gasteiger partial charge in [-0.25, -0.2) is 14.8 Å². The number of nitrogens with zero attached hydrogens (tertiary/aromatic N) is 3. The lowest BCUT2D eigenvalue weighted by Crippen LogP contribution is -2.41. The highest BCUT2D eigenvalue weighted by Gasteiger charge is 2.23. The fourth-order valence-corrected chi connectivity index (χ4v) is 4.45. The number of anilines is 2. The highest BCUT2D eigenvalue weighted by molar-refractivity contribution is 6.39. The number of amides is 1. The molecule has 0 fully saturated rings. The Kier molecular flexibility index (Phi) is 9.67. The van der Waals surface area contributed by atoms with Crippen molar-refractivity contribution < 1.29 is 14.3 Å². The zero-order valence-electron chi connectivity index (χ0n) is 21.1. The number of hydrogen-bond donors (Lipinski definition) is 1. The molecule has 4 rings (SSSR count). The molecule has 7 nitrogen and oxygen atoms in total. The second-order valence-electron chi connectivity index (χ2n) is 8.50. The van der Waals surface area contributed by atoms with Gasteiger partial charge in [0.25, 0.3) is 5.91 Å². The zero-order valence-corrected chi connectivity index (χ0v) is 22.6. The molecule has 1 unspecified atom stereocenters. The summed E-state index contributed by atoms with van der Waals surface area (Å²) in [7, 11) is 1.27. The van der Waals surface area contributed by atoms with E-state index in [9.17, 15) is 9.59 Å². The standard InChI is InChI=1S/C30H26Cl2N4O3/c1-39-29(38)26(35-28(37)27-24(31)11-6-12-25(27)32)13-5-10-21-14-16-23(17-15-21)36(30-33-18-7-19-34-30)20-22-8-3-2-4-9-22/h2-12,14-19,26H,13,20H2,1H3,(H,35,37). The number of nitrogens with one attached hydrogen (secondary N) is 1. The predicted octanol–water partition coefficient (Wildman–Crippen LogP) is 6.50. The molecule has 9 heteroatoms. The predicted molar refractivity (Wildman–Crippen MR) is 154 cm³/mol. The monoisotopic (exact) mass is 560 g/mol. The number of rotatable bonds is 10. The fraction of sp³-hybridized carbons (Fsp3) is 0.133. The average molecular weight is 561 g/mol. The molecule has 0 bridgehead atoms. The van der Waals surface area contributed by atoms with Crippen LogP contribution in [0.25, 0.3) is 6.08 Å². The maximum atomic E-state index is 12.8. The van der Waals surface area contributed by atoms with Crippen LogP contribution in [0, 0.1) is 0 Å². The van der Waals surface area contributed by atoms with Gasteiger partial charge in [0, 0.05) is 18.1 Å². The summed E-state index contributed by atoms with van der Waals surface area (Å²) in [6.07, 6.45) is 7.31. The van der Waals surface area contributed by atoms with Crippen molar-refractivity contribution >= 4 is 52.8 Å². The van der Waals surface area contributed by atoms with Gasteiger partial charge in [0.2, 0.25) is 5.95 Å². The van der Waals surface area contributed by atoms with E-state index in [-0.39, 0.29) is 22.0 Å². The van der Waals surface area contributed by atoms with Crippen LogP contribution < -0.4 is 10.2 Å². The Morgan fingerprint density at radius 2 is 1.59 bits per heavy atom. The largest absolute Gasteiger partial charge is 0.467 e. The quantitative estimate of drug-likeness (QED) is 0.223. The molecule has 4 aromatic rings. The van der Waals surface area contributed by atoms with Crippen LogP contribution in [-0.2, 0) is 16.1 Å². The summed E-state index contributed by atoms with van der Waals surface area (Å²) in [6.45, 7) is 0.607. The highest BCUT2D eigenvalue weighted by Crippen LogP contribution is 2.26. The number of methoxy groups -OCH3 is 1. The van der Waals surface area contributed by atoms with Crippen LogP contribution >= 0.6 is 23.2 Å². The number of carbonyl (C=O) groups is 2. The molecule has 1 atom stereocenters. The second kappa shape index (κ2) is 13.6. The summed E-state index contributed by atoms with van der Waals surface area (Å²) in [5.41, 5.74) is 3.08. The first-order chi connectivity index (χ1) is 19.0. The first kappa shape index (κ1) is 27.8. The van der Waals surface area contributed by atoms with Crippen molar-refractivity contribution in [3.05, 3.63) is 124 Å². The summed E-state index contributed by atoms with van der Waals surface area (Å²) in [5.74, 6) is -0.536. The molecule has 0 aliphatic carbocycles. The van der Waals surface area contributed by atoms with Crippen molar-refractivity contribution in [3.8, 4) is 0 Å². The molecule has 1 aromatic heterocycles. The molecule has 1 heterocycles. The molecule has 1 amide bonds. The van der Waals surface area contributed by atoms with Gasteiger partial charge in [-0.2, -0.15) is 0 Å². The van der Waals surface area contributed by atoms with E-state index in [4.69, 9.17) is 27.9 Å². The van der Waals surface area contributed by atoms with Crippen LogP contribution in [0.1, 0.15) is 27.9 Å². The molecule has 0 saturated carbocycles. The van der Waals surface area contributed by atoms with Gasteiger partial charge in [-0.15, -0.1) is 0 Å². The Morgan fingerprint density at radius 3 is 2.23 bits per heavy atom. The number of halogens is 2. The van der Waals surface area contributed by atoms with E-state index in [1.54, 1.807) is 42.7 Å². The third-order valence-electron chi connectivity index (χ3n) is 5.84. The smallest absolute Gasteiger partial charge is 0.328 e. The van der Waals surface area contributed by atoms with E-state index in [0.717, 1.165) is 16.8 Å². The van der Waals surface area contributed by atoms with E-state index in [1.165, 1.54) is 7.11 Å². The Labute approximate surface area is 237 Å². The van der Waals surface area contributed by atoms with Crippen molar-refractivity contribution in [2.45, 2.75) is 19.0 Å². The third-order valence-corrected chi connectivity index (χ3v) is 6.47. The van der Waals surface area contributed by atoms with E-state index >= 15 is 0 Å². The molecule has 198 valence electrons. The number of ether oxygens (including phenoxy) is 1. The van der Waals surface area contributed by atoms with Crippen molar-refractivity contribution in [3.63, 3.8) is 0 Å². The van der Waals surface area contributed by atoms with E-state index < -0.39 is 17.9 Å². The van der Waals surface area contributed by atoms with E-state index in [0.29, 0.717) is 12.5 Å². The van der Waals surface area contributed by atoms with Crippen LogP contribution in [0.3, 0.4) is 0 Å². The number of aromatic nitrogens is 2. The summed E-state index contributed by atoms with van der Waals surface area (Å²) in [6, 6.07) is 23.6. The second-order valence-corrected chi connectivity index (χ2v) is 9.31. The van der Waals surface area contributed by atoms with Gasteiger partial charge >= 0.3 is 5.97 Å². The summed E-state index contributed by atoms with van der Waals surface area (Å²) in [5, 5.41) is 3.05. The van der Waals surface area contributed by atoms with E-state index in [1.807, 2.05) is 53.4 Å². The number of hydrogen-bond acceptors (Lipinski definition) is 6. The molecule has 1 N–H and O–H groups in total. The maximum absolute atomic E-state index is 12.8. The molecule has 39 heavy (non-hydrogen) atoms. The molecule has 0 radical (unpaired) electrons. The zero-order chi connectivity index (χ0) is 27.6. The van der Waals surface area contributed by atoms with Crippen LogP contribution in [0.15, 0.2) is 97.3 Å². The van der Waals surface area contributed by atoms with Crippen LogP contribution in [-0.4, -0.2) is 35.0 Å². The van der Waals surface area contributed by atoms with Gasteiger partial charge < -0.3 is 15.0 Å². The van der Waals surface area contributed by atoms with Crippen molar-refractivity contribution in [1.82, 2.24) is 15.3 Å². The Morgan fingerprint density at radius 1 is 0.923 bits per heavy atom. The van der Waals surface area contributed by atoms with Crippen molar-refractivity contribution in [2.75, 3.05) is 12.0 Å². The molecular weight excluding hydrogens is 535 g/mol. The van der Waals surface area contributed by atoms with Gasteiger partial charge in [0.1, 0.15) is 6.04 Å². The van der Waals surface area contributed by atoms with Gasteiger partial charge in [-0.05, 0) is 47.9 Å². The molecule has 0 aliphatic rings. The Balaban J connectivity index is 1.47. The third kappa shape index (κ3) is 7.44. The van der Waals surface area contributed by atoms with Gasteiger partial charge in [-0.1, -0.05) is 83.9 Å². The fourth-order valence-electron chi connectivity index (χ4n) is 3.88. The van der Waals surface area contributed by atoms with Gasteiger partial charge in [0.05, 0.1) is 29.3 Å². The van der Waals surface area contributed by atoms with E-state index in [2.05, 4.69) is 27.4 Å². The number of benzene rings is 3. The normalized spacial score (nSPS) is 11.7. The maximum Gasteiger partial charge on any atom is 0.328 e. The minimum atomic E-state index is -0.915. The van der Waals surface area contributed by atoms with Crippen molar-refractivity contribution in [2.24, 2.45) is 0 Å². The first-order valence-electron chi connectivity index (χ1n) is 12.1. The molecule has 0 saturated heterocycles. The van der Waals surface area contributed by atoms with Gasteiger partial charge in [0.15, 0.2) is 0 Å². The molecule has 3 aromatic carbocycles. The van der Waals surface area contributed by atoms with Crippen molar-refractivity contribution in [1.29, 1.82) is 0 Å². The van der Waals surface area contributed by atoms with Crippen LogP contribution in [0.4, 0.5) is 11.6 Å². The first-order valence-corrected chi connectivity index (χ1v) is 12.9. The Hall–Kier alpha value is -4.20. The summed E-state index contributed by atoms with van der Waals surface area (Å²) < 4.78 is 4.87. The lowest BCUT2D eigenvalue weighted by molar-refractivity contribution is -0.142. The number of carbonyl (C=O) groups excluding carboxylic acids is 2. The molecule has 0 spiro atoms. The summed E-state index contributed by atoms with van der Waals surface area (Å²) in [4.78, 5) is 36.0. The van der Waals surface area contributed by atoms with Crippen LogP contribution in [0.5, 0.6) is 0 Å². The lowest BCUT2D eigenvalue weighted by Gasteiger charge is -2.23. The topological polar surface area (TPSA) is 84.4 Å². The van der Waals surface area contributed by atoms with Crippen LogP contribution in [0.2, 0.25) is 10.0 Å². The SMILES string of the molecule is COC(=O)C(CC=Cc1ccc(N(Cc2ccccc2)c2ncccn2)cc1)NC(=O)c1c(Cl)cccc1Cl. The lowest BCUT2D eigenvalue weighted by atomic mass is 10.1. The molecular formula is C30H26Cl2N4O3. The number of esters is 1. The summed E-state index contributed by atoms with van der Waals surface area (Å²) >= 11 is 12.3.